The van der Waals surface area contributed by atoms with Crippen LogP contribution >= 0.6 is 0 Å². The maximum Gasteiger partial charge on any atom is 0.227 e. The predicted molar refractivity (Wildman–Crippen MR) is 137 cm³/mol. The molecule has 5 rings (SSSR count). The van der Waals surface area contributed by atoms with E-state index in [0.717, 1.165) is 34.8 Å². The van der Waals surface area contributed by atoms with Gasteiger partial charge in [-0.25, -0.2) is 4.98 Å². The first kappa shape index (κ1) is 22.2. The fraction of sp³-hybridized carbons (Fsp3) is 0.310. The van der Waals surface area contributed by atoms with Crippen LogP contribution in [0.25, 0.3) is 11.0 Å². The predicted octanol–water partition coefficient (Wildman–Crippen LogP) is 5.85. The zero-order chi connectivity index (χ0) is 24.0. The summed E-state index contributed by atoms with van der Waals surface area (Å²) in [5.74, 6) is 1.88. The van der Waals surface area contributed by atoms with Gasteiger partial charge in [-0.3, -0.25) is 4.79 Å². The molecule has 0 unspecified atom stereocenters. The van der Waals surface area contributed by atoms with Crippen molar-refractivity contribution in [3.05, 3.63) is 88.2 Å². The second kappa shape index (κ2) is 8.64. The maximum atomic E-state index is 13.1. The van der Waals surface area contributed by atoms with E-state index in [1.165, 1.54) is 27.8 Å². The molecule has 1 aliphatic rings. The van der Waals surface area contributed by atoms with Gasteiger partial charge in [0.05, 0.1) is 18.1 Å². The van der Waals surface area contributed by atoms with Gasteiger partial charge in [-0.1, -0.05) is 24.3 Å². The summed E-state index contributed by atoms with van der Waals surface area (Å²) in [6.07, 6.45) is 0.450. The van der Waals surface area contributed by atoms with E-state index >= 15 is 0 Å². The van der Waals surface area contributed by atoms with E-state index in [1.807, 2.05) is 35.2 Å². The molecule has 1 atom stereocenters. The van der Waals surface area contributed by atoms with E-state index in [2.05, 4.69) is 56.5 Å². The number of para-hydroxylation sites is 2. The number of anilines is 1. The molecule has 0 aliphatic carbocycles. The number of carbonyl (C=O) groups is 1. The maximum absolute atomic E-state index is 13.1. The Hall–Kier alpha value is -3.60. The third-order valence-corrected chi connectivity index (χ3v) is 7.38. The number of aromatic nitrogens is 2. The summed E-state index contributed by atoms with van der Waals surface area (Å²) in [6.45, 7) is 10.1. The van der Waals surface area contributed by atoms with Crippen LogP contribution < -0.4 is 9.64 Å². The van der Waals surface area contributed by atoms with Gasteiger partial charge in [-0.15, -0.1) is 0 Å². The lowest BCUT2D eigenvalue weighted by atomic mass is 9.94. The minimum atomic E-state index is 0.0256. The number of rotatable bonds is 5. The number of nitrogens with zero attached hydrogens (tertiary/aromatic N) is 3. The summed E-state index contributed by atoms with van der Waals surface area (Å²) in [4.78, 5) is 20.0. The standard InChI is InChI=1S/C29H31N3O2/c1-18-13-19(2)21(4)25(20(18)3)17-32-27-12-7-6-11-26(27)30-29(32)22-14-28(33)31(16-22)23-9-8-10-24(15-23)34-5/h6-13,15,22H,14,16-17H2,1-5H3/t22-/m0/s1. The first-order valence-electron chi connectivity index (χ1n) is 11.8. The number of fused-ring (bicyclic) bond motifs is 1. The van der Waals surface area contributed by atoms with Crippen LogP contribution in [0.1, 0.15) is 46.0 Å². The highest BCUT2D eigenvalue weighted by Gasteiger charge is 2.35. The van der Waals surface area contributed by atoms with E-state index in [4.69, 9.17) is 9.72 Å². The molecule has 0 saturated carbocycles. The summed E-state index contributed by atoms with van der Waals surface area (Å²) < 4.78 is 7.70. The molecule has 3 aromatic carbocycles. The molecule has 2 heterocycles. The van der Waals surface area contributed by atoms with Crippen molar-refractivity contribution in [1.29, 1.82) is 0 Å². The molecule has 1 aliphatic heterocycles. The van der Waals surface area contributed by atoms with Gasteiger partial charge < -0.3 is 14.2 Å². The number of hydrogen-bond donors (Lipinski definition) is 0. The normalized spacial score (nSPS) is 16.0. The van der Waals surface area contributed by atoms with Crippen LogP contribution in [0, 0.1) is 27.7 Å². The molecule has 5 nitrogen and oxygen atoms in total. The van der Waals surface area contributed by atoms with Crippen molar-refractivity contribution in [3.63, 3.8) is 0 Å². The number of methoxy groups -OCH3 is 1. The summed E-state index contributed by atoms with van der Waals surface area (Å²) in [6, 6.07) is 18.3. The van der Waals surface area contributed by atoms with Crippen LogP contribution in [0.5, 0.6) is 5.75 Å². The van der Waals surface area contributed by atoms with Gasteiger partial charge >= 0.3 is 0 Å². The van der Waals surface area contributed by atoms with Crippen molar-refractivity contribution in [2.45, 2.75) is 46.6 Å². The quantitative estimate of drug-likeness (QED) is 0.381. The Bertz CT molecular complexity index is 1380. The summed E-state index contributed by atoms with van der Waals surface area (Å²) >= 11 is 0. The number of benzene rings is 3. The SMILES string of the molecule is COc1cccc(N2C[C@@H](c3nc4ccccc4n3Cc3c(C)c(C)cc(C)c3C)CC2=O)c1. The molecule has 0 N–H and O–H groups in total. The van der Waals surface area contributed by atoms with Crippen LogP contribution in [0.4, 0.5) is 5.69 Å². The molecular weight excluding hydrogens is 422 g/mol. The Morgan fingerprint density at radius 1 is 0.971 bits per heavy atom. The van der Waals surface area contributed by atoms with Gasteiger partial charge in [0, 0.05) is 37.2 Å². The van der Waals surface area contributed by atoms with Crippen molar-refractivity contribution in [2.75, 3.05) is 18.6 Å². The van der Waals surface area contributed by atoms with E-state index in [-0.39, 0.29) is 11.8 Å². The zero-order valence-electron chi connectivity index (χ0n) is 20.6. The minimum absolute atomic E-state index is 0.0256. The Morgan fingerprint density at radius 3 is 2.44 bits per heavy atom. The molecule has 5 heteroatoms. The average Bonchev–Trinajstić information content (AvgIpc) is 3.41. The molecule has 1 saturated heterocycles. The highest BCUT2D eigenvalue weighted by atomic mass is 16.5. The number of imidazole rings is 1. The van der Waals surface area contributed by atoms with E-state index in [1.54, 1.807) is 7.11 Å². The number of amides is 1. The smallest absolute Gasteiger partial charge is 0.227 e. The fourth-order valence-corrected chi connectivity index (χ4v) is 5.17. The van der Waals surface area contributed by atoms with Crippen molar-refractivity contribution < 1.29 is 9.53 Å². The Balaban J connectivity index is 1.57. The van der Waals surface area contributed by atoms with Gasteiger partial charge in [-0.05, 0) is 79.8 Å². The third kappa shape index (κ3) is 3.75. The second-order valence-corrected chi connectivity index (χ2v) is 9.39. The number of ether oxygens (including phenoxy) is 1. The molecule has 1 fully saturated rings. The molecule has 1 amide bonds. The van der Waals surface area contributed by atoms with Crippen molar-refractivity contribution in [1.82, 2.24) is 9.55 Å². The molecule has 4 aromatic rings. The highest BCUT2D eigenvalue weighted by Crippen LogP contribution is 2.35. The van der Waals surface area contributed by atoms with Crippen LogP contribution in [-0.4, -0.2) is 29.1 Å². The van der Waals surface area contributed by atoms with Crippen LogP contribution in [0.15, 0.2) is 54.6 Å². The van der Waals surface area contributed by atoms with Crippen molar-refractivity contribution in [3.8, 4) is 5.75 Å². The molecular formula is C29H31N3O2. The first-order valence-corrected chi connectivity index (χ1v) is 11.8. The number of carbonyl (C=O) groups excluding carboxylic acids is 1. The summed E-state index contributed by atoms with van der Waals surface area (Å²) in [7, 11) is 1.65. The lowest BCUT2D eigenvalue weighted by Crippen LogP contribution is -2.24. The molecule has 0 spiro atoms. The van der Waals surface area contributed by atoms with Gasteiger partial charge in [0.1, 0.15) is 11.6 Å². The van der Waals surface area contributed by atoms with E-state index in [0.29, 0.717) is 13.0 Å². The Kier molecular flexibility index (Phi) is 5.64. The minimum Gasteiger partial charge on any atom is -0.497 e. The van der Waals surface area contributed by atoms with Crippen LogP contribution in [0.2, 0.25) is 0 Å². The lowest BCUT2D eigenvalue weighted by Gasteiger charge is -2.20. The van der Waals surface area contributed by atoms with E-state index in [9.17, 15) is 4.79 Å². The monoisotopic (exact) mass is 453 g/mol. The van der Waals surface area contributed by atoms with E-state index < -0.39 is 0 Å². The zero-order valence-corrected chi connectivity index (χ0v) is 20.6. The first-order chi connectivity index (χ1) is 16.4. The second-order valence-electron chi connectivity index (χ2n) is 9.39. The highest BCUT2D eigenvalue weighted by molar-refractivity contribution is 5.96. The number of aryl methyl sites for hydroxylation is 2. The van der Waals surface area contributed by atoms with Gasteiger partial charge in [-0.2, -0.15) is 0 Å². The summed E-state index contributed by atoms with van der Waals surface area (Å²) in [5, 5.41) is 0. The Labute approximate surface area is 201 Å². The average molecular weight is 454 g/mol. The summed E-state index contributed by atoms with van der Waals surface area (Å²) in [5.41, 5.74) is 9.58. The van der Waals surface area contributed by atoms with Gasteiger partial charge in [0.25, 0.3) is 0 Å². The molecule has 0 bridgehead atoms. The molecule has 1 aromatic heterocycles. The largest absolute Gasteiger partial charge is 0.497 e. The molecule has 0 radical (unpaired) electrons. The van der Waals surface area contributed by atoms with Crippen molar-refractivity contribution in [2.24, 2.45) is 0 Å². The lowest BCUT2D eigenvalue weighted by molar-refractivity contribution is -0.117. The molecule has 174 valence electrons. The Morgan fingerprint density at radius 2 is 1.71 bits per heavy atom. The van der Waals surface area contributed by atoms with Crippen LogP contribution in [0.3, 0.4) is 0 Å². The van der Waals surface area contributed by atoms with Crippen molar-refractivity contribution >= 4 is 22.6 Å². The topological polar surface area (TPSA) is 47.4 Å². The fourth-order valence-electron chi connectivity index (χ4n) is 5.17. The van der Waals surface area contributed by atoms with Gasteiger partial charge in [0.15, 0.2) is 0 Å². The van der Waals surface area contributed by atoms with Gasteiger partial charge in [0.2, 0.25) is 5.91 Å². The molecule has 34 heavy (non-hydrogen) atoms. The number of hydrogen-bond acceptors (Lipinski definition) is 3. The third-order valence-electron chi connectivity index (χ3n) is 7.38. The van der Waals surface area contributed by atoms with Crippen LogP contribution in [-0.2, 0) is 11.3 Å².